The van der Waals surface area contributed by atoms with Crippen LogP contribution < -0.4 is 5.32 Å². The van der Waals surface area contributed by atoms with E-state index in [4.69, 9.17) is 0 Å². The summed E-state index contributed by atoms with van der Waals surface area (Å²) >= 11 is 0. The van der Waals surface area contributed by atoms with Crippen LogP contribution in [0.5, 0.6) is 5.75 Å². The average Bonchev–Trinajstić information content (AvgIpc) is 3.11. The molecule has 5 heteroatoms. The molecular weight excluding hydrogens is 338 g/mol. The van der Waals surface area contributed by atoms with Crippen LogP contribution in [0.4, 0.5) is 5.69 Å². The second-order valence-electron chi connectivity index (χ2n) is 6.19. The molecular formula is C22H19N3O2. The number of hydrogen-bond donors (Lipinski definition) is 2. The highest BCUT2D eigenvalue weighted by Crippen LogP contribution is 2.22. The van der Waals surface area contributed by atoms with Crippen LogP contribution in [0.1, 0.15) is 16.8 Å². The molecule has 134 valence electrons. The maximum Gasteiger partial charge on any atom is 0.266 e. The number of carbonyl (C=O) groups excluding carboxylic acids is 1. The molecule has 1 aromatic heterocycles. The van der Waals surface area contributed by atoms with Crippen molar-refractivity contribution >= 4 is 17.7 Å². The normalized spacial score (nSPS) is 11.1. The molecule has 0 bridgehead atoms. The minimum absolute atomic E-state index is 0.00617. The van der Waals surface area contributed by atoms with Gasteiger partial charge in [0.15, 0.2) is 0 Å². The molecule has 0 fully saturated rings. The number of aryl methyl sites for hydroxylation is 1. The third-order valence-electron chi connectivity index (χ3n) is 4.40. The van der Waals surface area contributed by atoms with Crippen LogP contribution in [0.2, 0.25) is 0 Å². The lowest BCUT2D eigenvalue weighted by molar-refractivity contribution is -0.112. The van der Waals surface area contributed by atoms with Gasteiger partial charge in [-0.2, -0.15) is 5.26 Å². The summed E-state index contributed by atoms with van der Waals surface area (Å²) in [6, 6.07) is 17.8. The van der Waals surface area contributed by atoms with E-state index in [-0.39, 0.29) is 11.3 Å². The maximum absolute atomic E-state index is 12.5. The number of nitrogens with zero attached hydrogens (tertiary/aromatic N) is 2. The number of aromatic hydroxyl groups is 1. The Hall–Kier alpha value is -3.78. The number of amides is 1. The monoisotopic (exact) mass is 357 g/mol. The molecule has 0 aliphatic heterocycles. The van der Waals surface area contributed by atoms with Crippen molar-refractivity contribution in [1.82, 2.24) is 4.57 Å². The number of carbonyl (C=O) groups is 1. The smallest absolute Gasteiger partial charge is 0.266 e. The molecule has 5 nitrogen and oxygen atoms in total. The first-order valence-corrected chi connectivity index (χ1v) is 8.45. The van der Waals surface area contributed by atoms with Crippen LogP contribution in [0.15, 0.2) is 66.4 Å². The van der Waals surface area contributed by atoms with Crippen LogP contribution in [-0.2, 0) is 4.79 Å². The largest absolute Gasteiger partial charge is 0.508 e. The second kappa shape index (κ2) is 7.63. The van der Waals surface area contributed by atoms with Crippen molar-refractivity contribution in [3.63, 3.8) is 0 Å². The van der Waals surface area contributed by atoms with Gasteiger partial charge < -0.3 is 15.0 Å². The molecule has 0 saturated carbocycles. The zero-order valence-corrected chi connectivity index (χ0v) is 15.1. The Kier molecular flexibility index (Phi) is 5.09. The summed E-state index contributed by atoms with van der Waals surface area (Å²) in [5.41, 5.74) is 4.54. The van der Waals surface area contributed by atoms with E-state index in [1.807, 2.05) is 61.0 Å². The number of phenols is 1. The average molecular weight is 357 g/mol. The molecule has 0 aliphatic carbocycles. The third kappa shape index (κ3) is 3.91. The van der Waals surface area contributed by atoms with E-state index in [2.05, 4.69) is 5.32 Å². The number of hydrogen-bond acceptors (Lipinski definition) is 3. The van der Waals surface area contributed by atoms with Crippen molar-refractivity contribution < 1.29 is 9.90 Å². The van der Waals surface area contributed by atoms with Crippen molar-refractivity contribution in [3.8, 4) is 17.5 Å². The predicted octanol–water partition coefficient (Wildman–Crippen LogP) is 4.35. The van der Waals surface area contributed by atoms with Gasteiger partial charge in [0.1, 0.15) is 17.4 Å². The number of rotatable bonds is 4. The predicted molar refractivity (Wildman–Crippen MR) is 106 cm³/mol. The third-order valence-corrected chi connectivity index (χ3v) is 4.40. The molecule has 2 N–H and O–H groups in total. The molecule has 3 rings (SSSR count). The van der Waals surface area contributed by atoms with Gasteiger partial charge >= 0.3 is 0 Å². The van der Waals surface area contributed by atoms with E-state index in [9.17, 15) is 15.2 Å². The van der Waals surface area contributed by atoms with Gasteiger partial charge in [0, 0.05) is 23.3 Å². The van der Waals surface area contributed by atoms with Gasteiger partial charge in [-0.25, -0.2) is 0 Å². The first kappa shape index (κ1) is 18.0. The number of benzene rings is 2. The van der Waals surface area contributed by atoms with Gasteiger partial charge in [-0.15, -0.1) is 0 Å². The first-order valence-electron chi connectivity index (χ1n) is 8.45. The van der Waals surface area contributed by atoms with E-state index >= 15 is 0 Å². The van der Waals surface area contributed by atoms with Crippen molar-refractivity contribution in [1.29, 1.82) is 5.26 Å². The number of nitrogens with one attached hydrogen (secondary N) is 1. The molecule has 1 heterocycles. The van der Waals surface area contributed by atoms with Gasteiger partial charge in [-0.1, -0.05) is 12.1 Å². The summed E-state index contributed by atoms with van der Waals surface area (Å²) in [5, 5.41) is 21.4. The molecule has 0 unspecified atom stereocenters. The van der Waals surface area contributed by atoms with Crippen molar-refractivity contribution in [3.05, 3.63) is 83.2 Å². The van der Waals surface area contributed by atoms with Crippen LogP contribution in [0, 0.1) is 25.2 Å². The minimum Gasteiger partial charge on any atom is -0.508 e. The van der Waals surface area contributed by atoms with Crippen LogP contribution >= 0.6 is 0 Å². The number of phenolic OH excluding ortho intramolecular Hbond substituents is 1. The number of anilines is 1. The highest BCUT2D eigenvalue weighted by molar-refractivity contribution is 6.09. The Bertz CT molecular complexity index is 1050. The lowest BCUT2D eigenvalue weighted by atomic mass is 10.1. The quantitative estimate of drug-likeness (QED) is 0.414. The van der Waals surface area contributed by atoms with Gasteiger partial charge in [-0.3, -0.25) is 4.79 Å². The highest BCUT2D eigenvalue weighted by atomic mass is 16.3. The number of nitriles is 1. The van der Waals surface area contributed by atoms with E-state index in [0.29, 0.717) is 5.69 Å². The Morgan fingerprint density at radius 1 is 1.11 bits per heavy atom. The molecule has 3 aromatic rings. The summed E-state index contributed by atoms with van der Waals surface area (Å²) in [5.74, 6) is -0.396. The number of aromatic nitrogens is 1. The maximum atomic E-state index is 12.5. The molecule has 0 spiro atoms. The van der Waals surface area contributed by atoms with Crippen LogP contribution in [0.25, 0.3) is 11.8 Å². The van der Waals surface area contributed by atoms with Crippen molar-refractivity contribution in [2.24, 2.45) is 0 Å². The summed E-state index contributed by atoms with van der Waals surface area (Å²) in [6.45, 7) is 4.09. The zero-order chi connectivity index (χ0) is 19.4. The fraction of sp³-hybridized carbons (Fsp3) is 0.0909. The van der Waals surface area contributed by atoms with E-state index in [1.165, 1.54) is 17.7 Å². The first-order chi connectivity index (χ1) is 13.0. The minimum atomic E-state index is -0.503. The lowest BCUT2D eigenvalue weighted by Gasteiger charge is -2.12. The van der Waals surface area contributed by atoms with Gasteiger partial charge in [0.25, 0.3) is 5.91 Å². The Morgan fingerprint density at radius 2 is 1.85 bits per heavy atom. The zero-order valence-electron chi connectivity index (χ0n) is 15.1. The van der Waals surface area contributed by atoms with Gasteiger partial charge in [0.2, 0.25) is 0 Å². The standard InChI is InChI=1S/C22H19N3O2/c1-15-5-3-7-21(16(15)2)25-12-4-6-19(25)13-17(14-23)22(27)24-18-8-10-20(26)11-9-18/h3-13,26H,1-2H3,(H,24,27). The molecule has 0 atom stereocenters. The molecule has 2 aromatic carbocycles. The van der Waals surface area contributed by atoms with Crippen LogP contribution in [-0.4, -0.2) is 15.6 Å². The SMILES string of the molecule is Cc1cccc(-n2cccc2C=C(C#N)C(=O)Nc2ccc(O)cc2)c1C. The summed E-state index contributed by atoms with van der Waals surface area (Å²) in [7, 11) is 0. The topological polar surface area (TPSA) is 78.0 Å². The van der Waals surface area contributed by atoms with Gasteiger partial charge in [-0.05, 0) is 73.5 Å². The Labute approximate surface area is 157 Å². The van der Waals surface area contributed by atoms with E-state index < -0.39 is 5.91 Å². The molecule has 1 amide bonds. The summed E-state index contributed by atoms with van der Waals surface area (Å²) < 4.78 is 1.95. The fourth-order valence-electron chi connectivity index (χ4n) is 2.77. The Morgan fingerprint density at radius 3 is 2.56 bits per heavy atom. The molecule has 0 saturated heterocycles. The summed E-state index contributed by atoms with van der Waals surface area (Å²) in [6.07, 6.45) is 3.47. The molecule has 27 heavy (non-hydrogen) atoms. The van der Waals surface area contributed by atoms with Crippen molar-refractivity contribution in [2.45, 2.75) is 13.8 Å². The van der Waals surface area contributed by atoms with Crippen LogP contribution in [0.3, 0.4) is 0 Å². The Balaban J connectivity index is 1.92. The van der Waals surface area contributed by atoms with Crippen molar-refractivity contribution in [2.75, 3.05) is 5.32 Å². The lowest BCUT2D eigenvalue weighted by Crippen LogP contribution is -2.13. The molecule has 0 radical (unpaired) electrons. The van der Waals surface area contributed by atoms with E-state index in [1.54, 1.807) is 18.2 Å². The fourth-order valence-corrected chi connectivity index (χ4v) is 2.77. The summed E-state index contributed by atoms with van der Waals surface area (Å²) in [4.78, 5) is 12.5. The van der Waals surface area contributed by atoms with Gasteiger partial charge in [0.05, 0.1) is 0 Å². The molecule has 0 aliphatic rings. The second-order valence-corrected chi connectivity index (χ2v) is 6.19. The van der Waals surface area contributed by atoms with E-state index in [0.717, 1.165) is 16.9 Å². The highest BCUT2D eigenvalue weighted by Gasteiger charge is 2.12.